The zero-order chi connectivity index (χ0) is 23.7. The Balaban J connectivity index is 0.00000129. The fraction of sp³-hybridized carbons (Fsp3) is 0.643. The Labute approximate surface area is 195 Å². The van der Waals surface area contributed by atoms with Crippen molar-refractivity contribution < 1.29 is 9.53 Å². The van der Waals surface area contributed by atoms with E-state index in [9.17, 15) is 4.79 Å². The van der Waals surface area contributed by atoms with Gasteiger partial charge in [0.2, 0.25) is 0 Å². The van der Waals surface area contributed by atoms with Crippen molar-refractivity contribution in [1.82, 2.24) is 5.32 Å². The number of carbonyl (C=O) groups is 1. The Morgan fingerprint density at radius 3 is 2.48 bits per heavy atom. The van der Waals surface area contributed by atoms with Gasteiger partial charge in [-0.15, -0.1) is 35.4 Å². The molecule has 1 aromatic rings. The normalized spacial score (nSPS) is 18.2. The molecule has 1 amide bonds. The number of nitrogens with one attached hydrogen (secondary N) is 1. The average molecular weight is 707 g/mol. The summed E-state index contributed by atoms with van der Waals surface area (Å²) in [6, 6.07) is 9.71. The van der Waals surface area contributed by atoms with Crippen LogP contribution >= 0.6 is 0 Å². The monoisotopic (exact) mass is 706 g/mol. The number of nitrogens with zero attached hydrogens (tertiary/aromatic N) is 1. The summed E-state index contributed by atoms with van der Waals surface area (Å²) in [4.78, 5) is 16.9. The summed E-state index contributed by atoms with van der Waals surface area (Å²) in [7, 11) is 0. The number of carbonyl (C=O) groups excluding carboxylic acids is 1. The predicted molar refractivity (Wildman–Crippen MR) is 134 cm³/mol. The van der Waals surface area contributed by atoms with Gasteiger partial charge in [0.15, 0.2) is 0 Å². The second-order valence-corrected chi connectivity index (χ2v) is 10.1. The molecule has 2 atom stereocenters. The van der Waals surface area contributed by atoms with Gasteiger partial charge in [0.25, 0.3) is 0 Å². The molecule has 2 aliphatic rings. The number of rotatable bonds is 8. The van der Waals surface area contributed by atoms with E-state index in [-0.39, 0.29) is 12.1 Å². The molecule has 1 N–H and O–H groups in total. The van der Waals surface area contributed by atoms with Crippen LogP contribution in [0.4, 0.5) is 4.79 Å². The molecule has 1 fully saturated rings. The number of benzene rings is 1. The van der Waals surface area contributed by atoms with Crippen molar-refractivity contribution in [2.24, 2.45) is 16.8 Å². The number of alkyl carbamates (subject to hydrolysis) is 1. The van der Waals surface area contributed by atoms with Crippen LogP contribution in [-0.2, 0) is 4.74 Å². The van der Waals surface area contributed by atoms with Crippen molar-refractivity contribution in [3.63, 3.8) is 0 Å². The molecule has 0 aromatic heterocycles. The topological polar surface area (TPSA) is 50.7 Å². The van der Waals surface area contributed by atoms with Gasteiger partial charge in [-0.25, -0.2) is 4.79 Å². The first-order valence-electron chi connectivity index (χ1n) is 12.4. The van der Waals surface area contributed by atoms with Crippen LogP contribution in [0.3, 0.4) is 0 Å². The molecule has 1 heterocycles. The van der Waals surface area contributed by atoms with Crippen LogP contribution in [0, 0.1) is 24.8 Å². The molecule has 0 radical (unpaired) electrons. The number of allylic oxidation sites excluding steroid dienone is 1. The van der Waals surface area contributed by atoms with Crippen molar-refractivity contribution >= 4 is 11.8 Å². The molecule has 0 bridgehead atoms. The van der Waals surface area contributed by atoms with Gasteiger partial charge >= 0.3 is 6.09 Å². The van der Waals surface area contributed by atoms with Crippen molar-refractivity contribution in [2.75, 3.05) is 0 Å². The molecule has 1 aliphatic carbocycles. The van der Waals surface area contributed by atoms with E-state index < -0.39 is 5.60 Å². The van der Waals surface area contributed by atoms with Crippen LogP contribution < -0.4 is 5.32 Å². The molecule has 33 heavy (non-hydrogen) atoms. The zero-order valence-corrected chi connectivity index (χ0v) is 28.4. The van der Waals surface area contributed by atoms with Gasteiger partial charge in [-0.1, -0.05) is 40.5 Å². The van der Waals surface area contributed by atoms with E-state index in [2.05, 4.69) is 51.3 Å². The first-order valence-corrected chi connectivity index (χ1v) is 12.4. The molecule has 2 unspecified atom stereocenters. The largest absolute Gasteiger partial charge is 0.444 e. The summed E-state index contributed by atoms with van der Waals surface area (Å²) in [5, 5.41) is 3.03. The Bertz CT molecular complexity index is 806. The van der Waals surface area contributed by atoms with E-state index in [0.29, 0.717) is 11.8 Å². The predicted octanol–water partition coefficient (Wildman–Crippen LogP) is 7.40. The van der Waals surface area contributed by atoms with Gasteiger partial charge in [0.1, 0.15) is 5.60 Å². The van der Waals surface area contributed by atoms with Gasteiger partial charge in [-0.3, -0.25) is 0 Å². The molecule has 0 spiro atoms. The molecule has 1 aliphatic heterocycles. The third-order valence-corrected chi connectivity index (χ3v) is 5.71. The third-order valence-electron chi connectivity index (χ3n) is 5.71. The summed E-state index contributed by atoms with van der Waals surface area (Å²) in [6.45, 7) is 14.2. The maximum atomic E-state index is 12.1. The van der Waals surface area contributed by atoms with Crippen LogP contribution in [0.5, 0.6) is 0 Å². The number of ether oxygens (including phenoxy) is 1. The maximum absolute atomic E-state index is 12.1. The molecule has 5 heteroatoms. The molecule has 4 nitrogen and oxygen atoms in total. The van der Waals surface area contributed by atoms with E-state index in [1.807, 2.05) is 32.9 Å². The van der Waals surface area contributed by atoms with Crippen molar-refractivity contribution in [1.29, 1.82) is 0 Å². The number of amides is 1. The van der Waals surface area contributed by atoms with Crippen LogP contribution in [0.15, 0.2) is 35.0 Å². The number of aryl methyl sites for hydroxylation is 1. The molecule has 180 valence electrons. The van der Waals surface area contributed by atoms with Crippen LogP contribution in [0.1, 0.15) is 97.6 Å². The summed E-state index contributed by atoms with van der Waals surface area (Å²) in [5.41, 5.74) is 4.61. The minimum absolute atomic E-state index is 0. The van der Waals surface area contributed by atoms with Crippen LogP contribution in [-0.4, -0.2) is 23.4 Å². The maximum Gasteiger partial charge on any atom is 0.407 e. The van der Waals surface area contributed by atoms with Gasteiger partial charge in [-0.2, -0.15) is 0 Å². The van der Waals surface area contributed by atoms with E-state index in [0.717, 1.165) is 31.2 Å². The molecule has 1 saturated carbocycles. The number of aliphatic imine (C=N–C) groups is 1. The third kappa shape index (κ3) is 8.75. The van der Waals surface area contributed by atoms with E-state index in [4.69, 9.17) is 9.73 Å². The van der Waals surface area contributed by atoms with Gasteiger partial charge < -0.3 is 15.0 Å². The number of hydrogen-bond donors (Lipinski definition) is 1. The second kappa shape index (κ2) is 12.8. The Morgan fingerprint density at radius 2 is 1.94 bits per heavy atom. The zero-order valence-electron chi connectivity index (χ0n) is 22.0. The van der Waals surface area contributed by atoms with Crippen LogP contribution in [0.2, 0.25) is 0 Å². The minimum atomic E-state index is -0.467. The first kappa shape index (κ1) is 27.9. The van der Waals surface area contributed by atoms with E-state index in [1.54, 1.807) is 0 Å². The Morgan fingerprint density at radius 1 is 1.27 bits per heavy atom. The van der Waals surface area contributed by atoms with Crippen molar-refractivity contribution in [3.05, 3.63) is 47.2 Å². The molecule has 3 rings (SSSR count). The summed E-state index contributed by atoms with van der Waals surface area (Å²) >= 11 is 0. The summed E-state index contributed by atoms with van der Waals surface area (Å²) in [6.07, 6.45) is 9.61. The summed E-state index contributed by atoms with van der Waals surface area (Å²) < 4.78 is 5.41. The molecular formula is C28H43N2O2Rf-. The average Bonchev–Trinajstić information content (AvgIpc) is 3.47. The Hall–Kier alpha value is -3.10. The fourth-order valence-corrected chi connectivity index (χ4v) is 4.05. The van der Waals surface area contributed by atoms with E-state index >= 15 is 0 Å². The quantitative estimate of drug-likeness (QED) is 0.287. The van der Waals surface area contributed by atoms with Crippen molar-refractivity contribution in [3.8, 4) is 0 Å². The van der Waals surface area contributed by atoms with Gasteiger partial charge in [0.05, 0.1) is 0 Å². The molecule has 1 aromatic carbocycles. The standard InChI is InChI=1S/C25H35N2O2.C3H8.Rf/c1-6-19(27-24(28)29-25(3,4)5)11-9-13-21-22(18-14-15-18)16-26-23(21)20-12-8-7-10-17(20)2;1-3-2;/h7-8,10,16,18-19,21H,6,9,11,13-15H2,1-5H3,(H,27,28);3H2,1-2H3;/q-1;;. The number of hydrogen-bond acceptors (Lipinski definition) is 3. The SMILES string of the molecule is CCC.CCC(CCCC1C(C2CC2)=CN=C1c1[c-]cccc1C)NC(=O)OC(C)(C)C.[Rf]. The van der Waals surface area contributed by atoms with E-state index in [1.165, 1.54) is 36.1 Å². The summed E-state index contributed by atoms with van der Waals surface area (Å²) in [5.74, 6) is 1.10. The molecule has 0 saturated heterocycles. The second-order valence-electron chi connectivity index (χ2n) is 10.1. The van der Waals surface area contributed by atoms with Gasteiger partial charge in [0, 0.05) is 12.2 Å². The van der Waals surface area contributed by atoms with Crippen molar-refractivity contribution in [2.45, 2.75) is 105 Å². The minimum Gasteiger partial charge on any atom is -0.444 e. The molecular weight excluding hydrogens is 663 g/mol. The Kier molecular flexibility index (Phi) is 10.8. The van der Waals surface area contributed by atoms with Gasteiger partial charge in [-0.05, 0) is 76.0 Å². The first-order chi connectivity index (χ1) is 15.2. The van der Waals surface area contributed by atoms with Crippen LogP contribution in [0.25, 0.3) is 0 Å². The smallest absolute Gasteiger partial charge is 0.407 e. The fourth-order valence-electron chi connectivity index (χ4n) is 4.05.